The molecule has 0 heterocycles. The number of nitriles is 1. The van der Waals surface area contributed by atoms with E-state index in [1.807, 2.05) is 0 Å². The molecular formula is C15H17NO4. The third-order valence-corrected chi connectivity index (χ3v) is 2.77. The van der Waals surface area contributed by atoms with Gasteiger partial charge in [-0.15, -0.1) is 0 Å². The van der Waals surface area contributed by atoms with Crippen molar-refractivity contribution in [3.05, 3.63) is 34.9 Å². The molecule has 0 spiro atoms. The predicted molar refractivity (Wildman–Crippen MR) is 72.1 cm³/mol. The Morgan fingerprint density at radius 2 is 2.10 bits per heavy atom. The molecular weight excluding hydrogens is 258 g/mol. The third kappa shape index (κ3) is 4.39. The SMILES string of the molecule is CCOC(=O)c1ccc(CC#N)cc1CCC(=O)OC. The number of carbonyl (C=O) groups excluding carboxylic acids is 2. The molecule has 0 bridgehead atoms. The van der Waals surface area contributed by atoms with E-state index < -0.39 is 5.97 Å². The van der Waals surface area contributed by atoms with Crippen LogP contribution in [0.1, 0.15) is 34.8 Å². The zero-order valence-corrected chi connectivity index (χ0v) is 11.6. The lowest BCUT2D eigenvalue weighted by molar-refractivity contribution is -0.140. The highest BCUT2D eigenvalue weighted by atomic mass is 16.5. The molecule has 0 atom stereocenters. The monoisotopic (exact) mass is 275 g/mol. The second-order valence-electron chi connectivity index (χ2n) is 4.12. The summed E-state index contributed by atoms with van der Waals surface area (Å²) >= 11 is 0. The molecule has 0 aliphatic carbocycles. The van der Waals surface area contributed by atoms with Gasteiger partial charge in [0, 0.05) is 6.42 Å². The molecule has 1 rings (SSSR count). The van der Waals surface area contributed by atoms with Crippen LogP contribution in [0.25, 0.3) is 0 Å². The van der Waals surface area contributed by atoms with Crippen LogP contribution in [0.3, 0.4) is 0 Å². The number of ether oxygens (including phenoxy) is 2. The maximum absolute atomic E-state index is 11.8. The molecule has 0 amide bonds. The van der Waals surface area contributed by atoms with E-state index in [-0.39, 0.29) is 25.4 Å². The summed E-state index contributed by atoms with van der Waals surface area (Å²) in [4.78, 5) is 23.1. The van der Waals surface area contributed by atoms with Gasteiger partial charge in [-0.2, -0.15) is 5.26 Å². The summed E-state index contributed by atoms with van der Waals surface area (Å²) in [6, 6.07) is 7.17. The average molecular weight is 275 g/mol. The first-order valence-corrected chi connectivity index (χ1v) is 6.35. The van der Waals surface area contributed by atoms with Crippen LogP contribution in [0.15, 0.2) is 18.2 Å². The first-order valence-electron chi connectivity index (χ1n) is 6.35. The van der Waals surface area contributed by atoms with E-state index >= 15 is 0 Å². The van der Waals surface area contributed by atoms with Crippen molar-refractivity contribution in [2.24, 2.45) is 0 Å². The van der Waals surface area contributed by atoms with Crippen molar-refractivity contribution in [3.8, 4) is 6.07 Å². The Balaban J connectivity index is 3.00. The number of benzene rings is 1. The van der Waals surface area contributed by atoms with Crippen molar-refractivity contribution >= 4 is 11.9 Å². The lowest BCUT2D eigenvalue weighted by Gasteiger charge is -2.10. The van der Waals surface area contributed by atoms with E-state index in [4.69, 9.17) is 10.00 Å². The van der Waals surface area contributed by atoms with E-state index in [0.29, 0.717) is 17.5 Å². The molecule has 1 aromatic carbocycles. The Morgan fingerprint density at radius 1 is 1.35 bits per heavy atom. The van der Waals surface area contributed by atoms with Gasteiger partial charge >= 0.3 is 11.9 Å². The molecule has 1 aromatic rings. The fourth-order valence-electron chi connectivity index (χ4n) is 1.80. The normalized spacial score (nSPS) is 9.65. The van der Waals surface area contributed by atoms with Crippen molar-refractivity contribution in [1.82, 2.24) is 0 Å². The molecule has 0 aromatic heterocycles. The van der Waals surface area contributed by atoms with E-state index in [2.05, 4.69) is 10.8 Å². The van der Waals surface area contributed by atoms with E-state index in [0.717, 1.165) is 5.56 Å². The van der Waals surface area contributed by atoms with E-state index in [1.165, 1.54) is 7.11 Å². The van der Waals surface area contributed by atoms with Crippen LogP contribution in [0.2, 0.25) is 0 Å². The van der Waals surface area contributed by atoms with Crippen LogP contribution in [0, 0.1) is 11.3 Å². The molecule has 0 aliphatic rings. The summed E-state index contributed by atoms with van der Waals surface area (Å²) in [7, 11) is 1.32. The Bertz CT molecular complexity index is 531. The van der Waals surface area contributed by atoms with Gasteiger partial charge in [-0.1, -0.05) is 12.1 Å². The van der Waals surface area contributed by atoms with Crippen molar-refractivity contribution in [1.29, 1.82) is 5.26 Å². The van der Waals surface area contributed by atoms with Crippen molar-refractivity contribution in [2.45, 2.75) is 26.2 Å². The quantitative estimate of drug-likeness (QED) is 0.742. The minimum Gasteiger partial charge on any atom is -0.469 e. The number of esters is 2. The highest BCUT2D eigenvalue weighted by molar-refractivity contribution is 5.91. The number of hydrogen-bond donors (Lipinski definition) is 0. The molecule has 0 unspecified atom stereocenters. The van der Waals surface area contributed by atoms with Gasteiger partial charge < -0.3 is 9.47 Å². The fraction of sp³-hybridized carbons (Fsp3) is 0.400. The van der Waals surface area contributed by atoms with E-state index in [9.17, 15) is 9.59 Å². The van der Waals surface area contributed by atoms with Gasteiger partial charge in [0.1, 0.15) is 0 Å². The summed E-state index contributed by atoms with van der Waals surface area (Å²) in [6.45, 7) is 2.02. The van der Waals surface area contributed by atoms with Crippen LogP contribution < -0.4 is 0 Å². The zero-order valence-electron chi connectivity index (χ0n) is 11.6. The van der Waals surface area contributed by atoms with Crippen molar-refractivity contribution in [2.75, 3.05) is 13.7 Å². The first-order chi connectivity index (χ1) is 9.62. The molecule has 106 valence electrons. The standard InChI is InChI=1S/C15H17NO4/c1-3-20-15(18)13-6-4-11(8-9-16)10-12(13)5-7-14(17)19-2/h4,6,10H,3,5,7-8H2,1-2H3. The maximum Gasteiger partial charge on any atom is 0.338 e. The van der Waals surface area contributed by atoms with Crippen LogP contribution in [-0.2, 0) is 27.1 Å². The number of nitrogens with zero attached hydrogens (tertiary/aromatic N) is 1. The van der Waals surface area contributed by atoms with Crippen molar-refractivity contribution < 1.29 is 19.1 Å². The molecule has 0 fully saturated rings. The highest BCUT2D eigenvalue weighted by Gasteiger charge is 2.14. The lowest BCUT2D eigenvalue weighted by atomic mass is 9.99. The lowest BCUT2D eigenvalue weighted by Crippen LogP contribution is -2.10. The highest BCUT2D eigenvalue weighted by Crippen LogP contribution is 2.16. The average Bonchev–Trinajstić information content (AvgIpc) is 2.45. The van der Waals surface area contributed by atoms with Gasteiger partial charge in [0.2, 0.25) is 0 Å². The largest absolute Gasteiger partial charge is 0.469 e. The molecule has 0 radical (unpaired) electrons. The minimum absolute atomic E-state index is 0.179. The van der Waals surface area contributed by atoms with Crippen molar-refractivity contribution in [3.63, 3.8) is 0 Å². The Hall–Kier alpha value is -2.35. The Morgan fingerprint density at radius 3 is 2.70 bits per heavy atom. The predicted octanol–water partition coefficient (Wildman–Crippen LogP) is 2.03. The summed E-state index contributed by atoms with van der Waals surface area (Å²) in [6.07, 6.45) is 0.813. The number of methoxy groups -OCH3 is 1. The van der Waals surface area contributed by atoms with Gasteiger partial charge in [0.25, 0.3) is 0 Å². The summed E-state index contributed by atoms with van der Waals surface area (Å²) in [5, 5.41) is 8.71. The summed E-state index contributed by atoms with van der Waals surface area (Å²) in [5.41, 5.74) is 1.93. The first kappa shape index (κ1) is 15.7. The maximum atomic E-state index is 11.8. The molecule has 5 heteroatoms. The van der Waals surface area contributed by atoms with Crippen LogP contribution >= 0.6 is 0 Å². The van der Waals surface area contributed by atoms with Gasteiger partial charge in [-0.3, -0.25) is 4.79 Å². The van der Waals surface area contributed by atoms with Gasteiger partial charge in [-0.05, 0) is 30.5 Å². The van der Waals surface area contributed by atoms with Gasteiger partial charge in [0.05, 0.1) is 31.8 Å². The molecule has 0 N–H and O–H groups in total. The molecule has 5 nitrogen and oxygen atoms in total. The van der Waals surface area contributed by atoms with Gasteiger partial charge in [-0.25, -0.2) is 4.79 Å². The molecule has 0 saturated carbocycles. The second-order valence-corrected chi connectivity index (χ2v) is 4.12. The Labute approximate surface area is 118 Å². The molecule has 20 heavy (non-hydrogen) atoms. The number of hydrogen-bond acceptors (Lipinski definition) is 5. The fourth-order valence-corrected chi connectivity index (χ4v) is 1.80. The number of carbonyl (C=O) groups is 2. The summed E-state index contributed by atoms with van der Waals surface area (Å²) < 4.78 is 9.57. The van der Waals surface area contributed by atoms with E-state index in [1.54, 1.807) is 25.1 Å². The van der Waals surface area contributed by atoms with Crippen LogP contribution in [0.5, 0.6) is 0 Å². The number of aryl methyl sites for hydroxylation is 1. The summed E-state index contributed by atoms with van der Waals surface area (Å²) in [5.74, 6) is -0.763. The minimum atomic E-state index is -0.420. The Kier molecular flexibility index (Phi) is 6.24. The third-order valence-electron chi connectivity index (χ3n) is 2.77. The van der Waals surface area contributed by atoms with Crippen LogP contribution in [-0.4, -0.2) is 25.7 Å². The van der Waals surface area contributed by atoms with Gasteiger partial charge in [0.15, 0.2) is 0 Å². The number of rotatable bonds is 6. The molecule has 0 aliphatic heterocycles. The molecule has 0 saturated heterocycles. The second kappa shape index (κ2) is 7.95. The topological polar surface area (TPSA) is 76.4 Å². The zero-order chi connectivity index (χ0) is 15.0. The van der Waals surface area contributed by atoms with Crippen LogP contribution in [0.4, 0.5) is 0 Å². The smallest absolute Gasteiger partial charge is 0.338 e.